The van der Waals surface area contributed by atoms with Crippen LogP contribution in [0.4, 0.5) is 10.2 Å². The van der Waals surface area contributed by atoms with E-state index < -0.39 is 0 Å². The van der Waals surface area contributed by atoms with Crippen LogP contribution in [0.1, 0.15) is 12.8 Å². The van der Waals surface area contributed by atoms with Gasteiger partial charge < -0.3 is 9.88 Å². The molecule has 5 nitrogen and oxygen atoms in total. The SMILES string of the molecule is C#CCn1cnc2c(NC3CC3)nc(-c3cccc(F)c3)nc21. The Hall–Kier alpha value is -2.94. The maximum Gasteiger partial charge on any atom is 0.167 e. The number of hydrogen-bond acceptors (Lipinski definition) is 4. The number of fused-ring (bicyclic) bond motifs is 1. The number of rotatable bonds is 4. The van der Waals surface area contributed by atoms with Crippen molar-refractivity contribution in [1.29, 1.82) is 0 Å². The summed E-state index contributed by atoms with van der Waals surface area (Å²) in [7, 11) is 0. The molecule has 4 rings (SSSR count). The zero-order valence-corrected chi connectivity index (χ0v) is 12.3. The first-order chi connectivity index (χ1) is 11.2. The van der Waals surface area contributed by atoms with Crippen LogP contribution in [0.15, 0.2) is 30.6 Å². The van der Waals surface area contributed by atoms with Gasteiger partial charge in [-0.1, -0.05) is 18.1 Å². The Morgan fingerprint density at radius 1 is 1.35 bits per heavy atom. The lowest BCUT2D eigenvalue weighted by Gasteiger charge is -2.08. The van der Waals surface area contributed by atoms with Gasteiger partial charge in [-0.3, -0.25) is 0 Å². The second kappa shape index (κ2) is 5.36. The minimum Gasteiger partial charge on any atom is -0.365 e. The Kier molecular flexibility index (Phi) is 3.19. The van der Waals surface area contributed by atoms with Crippen LogP contribution in [0.25, 0.3) is 22.6 Å². The van der Waals surface area contributed by atoms with Gasteiger partial charge in [0.25, 0.3) is 0 Å². The zero-order chi connectivity index (χ0) is 15.8. The van der Waals surface area contributed by atoms with Crippen LogP contribution >= 0.6 is 0 Å². The number of hydrogen-bond donors (Lipinski definition) is 1. The van der Waals surface area contributed by atoms with Crippen molar-refractivity contribution >= 4 is 17.0 Å². The van der Waals surface area contributed by atoms with Crippen LogP contribution in [0.2, 0.25) is 0 Å². The van der Waals surface area contributed by atoms with Crippen LogP contribution in [-0.2, 0) is 6.54 Å². The van der Waals surface area contributed by atoms with Gasteiger partial charge in [-0.05, 0) is 25.0 Å². The molecule has 0 radical (unpaired) electrons. The predicted molar refractivity (Wildman–Crippen MR) is 86.2 cm³/mol. The van der Waals surface area contributed by atoms with Crippen LogP contribution < -0.4 is 5.32 Å². The molecule has 0 unspecified atom stereocenters. The average molecular weight is 307 g/mol. The van der Waals surface area contributed by atoms with Crippen LogP contribution in [-0.4, -0.2) is 25.6 Å². The first-order valence-electron chi connectivity index (χ1n) is 7.43. The summed E-state index contributed by atoms with van der Waals surface area (Å²) in [5.41, 5.74) is 1.96. The summed E-state index contributed by atoms with van der Waals surface area (Å²) in [6.45, 7) is 0.374. The van der Waals surface area contributed by atoms with Gasteiger partial charge in [0.2, 0.25) is 0 Å². The number of nitrogens with zero attached hydrogens (tertiary/aromatic N) is 4. The van der Waals surface area contributed by atoms with E-state index in [0.717, 1.165) is 12.8 Å². The highest BCUT2D eigenvalue weighted by Crippen LogP contribution is 2.29. The molecule has 1 saturated carbocycles. The molecule has 0 amide bonds. The van der Waals surface area contributed by atoms with Crippen molar-refractivity contribution in [3.63, 3.8) is 0 Å². The van der Waals surface area contributed by atoms with Crippen LogP contribution in [0.3, 0.4) is 0 Å². The van der Waals surface area contributed by atoms with Gasteiger partial charge in [-0.2, -0.15) is 0 Å². The molecule has 0 saturated heterocycles. The largest absolute Gasteiger partial charge is 0.365 e. The molecular weight excluding hydrogens is 293 g/mol. The highest BCUT2D eigenvalue weighted by Gasteiger charge is 2.24. The van der Waals surface area contributed by atoms with E-state index in [1.54, 1.807) is 23.0 Å². The topological polar surface area (TPSA) is 55.6 Å². The van der Waals surface area contributed by atoms with E-state index >= 15 is 0 Å². The Labute approximate surface area is 132 Å². The van der Waals surface area contributed by atoms with E-state index in [0.29, 0.717) is 41.0 Å². The third-order valence-electron chi connectivity index (χ3n) is 3.73. The summed E-state index contributed by atoms with van der Waals surface area (Å²) in [6, 6.07) is 6.67. The quantitative estimate of drug-likeness (QED) is 0.753. The van der Waals surface area contributed by atoms with Gasteiger partial charge in [0, 0.05) is 11.6 Å². The summed E-state index contributed by atoms with van der Waals surface area (Å²) in [5.74, 6) is 3.40. The molecular formula is C17H14FN5. The van der Waals surface area contributed by atoms with E-state index in [4.69, 9.17) is 6.42 Å². The molecule has 3 aromatic rings. The summed E-state index contributed by atoms with van der Waals surface area (Å²) in [6.07, 6.45) is 9.29. The minimum atomic E-state index is -0.319. The van der Waals surface area contributed by atoms with Gasteiger partial charge in [0.1, 0.15) is 5.82 Å². The minimum absolute atomic E-state index is 0.319. The van der Waals surface area contributed by atoms with Gasteiger partial charge >= 0.3 is 0 Å². The Morgan fingerprint density at radius 2 is 2.22 bits per heavy atom. The molecule has 0 spiro atoms. The summed E-state index contributed by atoms with van der Waals surface area (Å²) < 4.78 is 15.3. The Morgan fingerprint density at radius 3 is 2.96 bits per heavy atom. The van der Waals surface area contributed by atoms with Crippen LogP contribution in [0, 0.1) is 18.2 Å². The summed E-state index contributed by atoms with van der Waals surface area (Å²) >= 11 is 0. The molecule has 1 aliphatic carbocycles. The molecule has 23 heavy (non-hydrogen) atoms. The van der Waals surface area contributed by atoms with E-state index in [-0.39, 0.29) is 5.82 Å². The van der Waals surface area contributed by atoms with Gasteiger partial charge in [0.15, 0.2) is 22.8 Å². The predicted octanol–water partition coefficient (Wildman–Crippen LogP) is 2.84. The highest BCUT2D eigenvalue weighted by atomic mass is 19.1. The number of benzene rings is 1. The molecule has 0 atom stereocenters. The molecule has 2 heterocycles. The van der Waals surface area contributed by atoms with Gasteiger partial charge in [0.05, 0.1) is 12.9 Å². The van der Waals surface area contributed by atoms with Crippen LogP contribution in [0.5, 0.6) is 0 Å². The molecule has 1 aromatic carbocycles. The summed E-state index contributed by atoms with van der Waals surface area (Å²) in [4.78, 5) is 13.5. The second-order valence-electron chi connectivity index (χ2n) is 5.57. The summed E-state index contributed by atoms with van der Waals surface area (Å²) in [5, 5.41) is 3.37. The first-order valence-corrected chi connectivity index (χ1v) is 7.43. The number of aromatic nitrogens is 4. The van der Waals surface area contributed by atoms with Crippen molar-refractivity contribution in [3.8, 4) is 23.7 Å². The molecule has 1 fully saturated rings. The van der Waals surface area contributed by atoms with Gasteiger partial charge in [-0.25, -0.2) is 19.3 Å². The van der Waals surface area contributed by atoms with E-state index in [1.807, 2.05) is 0 Å². The lowest BCUT2D eigenvalue weighted by atomic mass is 10.2. The Bertz CT molecular complexity index is 920. The molecule has 0 bridgehead atoms. The third-order valence-corrected chi connectivity index (χ3v) is 3.73. The van der Waals surface area contributed by atoms with Crippen molar-refractivity contribution in [1.82, 2.24) is 19.5 Å². The number of imidazole rings is 1. The van der Waals surface area contributed by atoms with E-state index in [2.05, 4.69) is 26.2 Å². The highest BCUT2D eigenvalue weighted by molar-refractivity contribution is 5.85. The normalized spacial score (nSPS) is 13.9. The van der Waals surface area contributed by atoms with Crippen molar-refractivity contribution in [3.05, 3.63) is 36.4 Å². The van der Waals surface area contributed by atoms with E-state index in [9.17, 15) is 4.39 Å². The standard InChI is InChI=1S/C17H14FN5/c1-2-8-23-10-19-14-16(20-13-6-7-13)21-15(22-17(14)23)11-4-3-5-12(18)9-11/h1,3-5,9-10,13H,6-8H2,(H,20,21,22). The average Bonchev–Trinajstić information content (AvgIpc) is 3.27. The smallest absolute Gasteiger partial charge is 0.167 e. The molecule has 6 heteroatoms. The van der Waals surface area contributed by atoms with Crippen molar-refractivity contribution < 1.29 is 4.39 Å². The molecule has 1 aliphatic rings. The van der Waals surface area contributed by atoms with Gasteiger partial charge in [-0.15, -0.1) is 6.42 Å². The lowest BCUT2D eigenvalue weighted by molar-refractivity contribution is 0.628. The zero-order valence-electron chi connectivity index (χ0n) is 12.3. The molecule has 0 aliphatic heterocycles. The first kappa shape index (κ1) is 13.7. The number of terminal acetylenes is 1. The molecule has 1 N–H and O–H groups in total. The monoisotopic (exact) mass is 307 g/mol. The Balaban J connectivity index is 1.89. The maximum absolute atomic E-state index is 13.5. The fraction of sp³-hybridized carbons (Fsp3) is 0.235. The molecule has 2 aromatic heterocycles. The second-order valence-corrected chi connectivity index (χ2v) is 5.57. The molecule has 114 valence electrons. The van der Waals surface area contributed by atoms with Crippen molar-refractivity contribution in [2.24, 2.45) is 0 Å². The number of nitrogens with one attached hydrogen (secondary N) is 1. The maximum atomic E-state index is 13.5. The fourth-order valence-corrected chi connectivity index (χ4v) is 2.44. The third kappa shape index (κ3) is 2.61. The number of halogens is 1. The van der Waals surface area contributed by atoms with Crippen molar-refractivity contribution in [2.45, 2.75) is 25.4 Å². The van der Waals surface area contributed by atoms with Crippen molar-refractivity contribution in [2.75, 3.05) is 5.32 Å². The van der Waals surface area contributed by atoms with E-state index in [1.165, 1.54) is 12.1 Å². The lowest BCUT2D eigenvalue weighted by Crippen LogP contribution is -2.06. The fourth-order valence-electron chi connectivity index (χ4n) is 2.44. The number of anilines is 1.